The second kappa shape index (κ2) is 7.93. The van der Waals surface area contributed by atoms with Crippen LogP contribution in [0.3, 0.4) is 0 Å². The highest BCUT2D eigenvalue weighted by Crippen LogP contribution is 2.64. The van der Waals surface area contributed by atoms with Crippen molar-refractivity contribution in [1.29, 1.82) is 0 Å². The van der Waals surface area contributed by atoms with Crippen molar-refractivity contribution in [2.75, 3.05) is 13.2 Å². The second-order valence-electron chi connectivity index (χ2n) is 10.5. The number of rotatable bonds is 1. The van der Waals surface area contributed by atoms with Gasteiger partial charge in [-0.1, -0.05) is 0 Å². The first-order valence-corrected chi connectivity index (χ1v) is 13.4. The number of carbonyl (C=O) groups is 4. The monoisotopic (exact) mass is 546 g/mol. The lowest BCUT2D eigenvalue weighted by atomic mass is 9.42. The Bertz CT molecular complexity index is 1140. The molecule has 11 atom stereocenters. The van der Waals surface area contributed by atoms with Gasteiger partial charge >= 0.3 is 19.9 Å². The highest BCUT2D eigenvalue weighted by Gasteiger charge is 2.82. The minimum absolute atomic E-state index is 0.127. The van der Waals surface area contributed by atoms with Crippen molar-refractivity contribution >= 4 is 31.7 Å². The number of phosphoric ester groups is 1. The smallest absolute Gasteiger partial charge is 0.394 e. The van der Waals surface area contributed by atoms with E-state index < -0.39 is 105 Å². The molecule has 0 aromatic rings. The second-order valence-corrected chi connectivity index (χ2v) is 11.9. The van der Waals surface area contributed by atoms with Crippen LogP contribution in [-0.2, 0) is 32.7 Å². The van der Waals surface area contributed by atoms with Gasteiger partial charge in [-0.2, -0.15) is 0 Å². The zero-order valence-electron chi connectivity index (χ0n) is 19.8. The quantitative estimate of drug-likeness (QED) is 0.225. The molecule has 0 aromatic carbocycles. The van der Waals surface area contributed by atoms with Gasteiger partial charge in [0, 0.05) is 12.8 Å². The Morgan fingerprint density at radius 1 is 0.946 bits per heavy atom. The molecule has 16 nitrogen and oxygen atoms in total. The summed E-state index contributed by atoms with van der Waals surface area (Å²) >= 11 is 0. The Balaban J connectivity index is 1.49. The number of ether oxygens (including phenoxy) is 2. The molecule has 5 saturated heterocycles. The van der Waals surface area contributed by atoms with Crippen molar-refractivity contribution in [3.63, 3.8) is 0 Å². The first-order valence-electron chi connectivity index (χ1n) is 11.9. The Labute approximate surface area is 209 Å². The Kier molecular flexibility index (Phi) is 5.38. The summed E-state index contributed by atoms with van der Waals surface area (Å²) in [5, 5.41) is 24.9. The largest absolute Gasteiger partial charge is 0.472 e. The normalized spacial score (nSPS) is 51.2. The first-order chi connectivity index (χ1) is 17.3. The maximum atomic E-state index is 13.2. The zero-order chi connectivity index (χ0) is 26.7. The third kappa shape index (κ3) is 3.18. The summed E-state index contributed by atoms with van der Waals surface area (Å²) in [7, 11) is -4.74. The fraction of sp³-hybridized carbons (Fsp3) is 0.800. The van der Waals surface area contributed by atoms with Crippen LogP contribution in [-0.4, -0.2) is 111 Å². The summed E-state index contributed by atoms with van der Waals surface area (Å²) in [5.41, 5.74) is -3.02. The topological polar surface area (TPSA) is 213 Å². The number of nitrogens with one attached hydrogen (secondary N) is 2. The van der Waals surface area contributed by atoms with Crippen molar-refractivity contribution in [3.05, 3.63) is 0 Å². The van der Waals surface area contributed by atoms with Crippen LogP contribution in [0, 0.1) is 10.8 Å². The maximum Gasteiger partial charge on any atom is 0.472 e. The molecule has 6 rings (SSSR count). The summed E-state index contributed by atoms with van der Waals surface area (Å²) in [5.74, 6) is -1.42. The third-order valence-electron chi connectivity index (χ3n) is 8.87. The SMILES string of the molecule is C[C@]12C(=O)NC(=O)N3[C@H]1[C@H]1N(C(=O)NC(=O)[C@]12C)[C@H]1C[C@H](O)C(COP(=O)(O)OC2C[C@H]3O[C@@H]2CO)O1. The molecule has 204 valence electrons. The highest BCUT2D eigenvalue weighted by molar-refractivity contribution is 7.47. The number of phosphoric acid groups is 1. The Hall–Kier alpha value is -2.17. The lowest BCUT2D eigenvalue weighted by Crippen LogP contribution is -2.92. The molecule has 17 heteroatoms. The van der Waals surface area contributed by atoms with Crippen LogP contribution in [0.15, 0.2) is 0 Å². The van der Waals surface area contributed by atoms with Gasteiger partial charge in [-0.25, -0.2) is 14.2 Å². The van der Waals surface area contributed by atoms with Gasteiger partial charge < -0.3 is 24.6 Å². The minimum atomic E-state index is -4.74. The predicted molar refractivity (Wildman–Crippen MR) is 115 cm³/mol. The molecular formula is C20H27N4O12P. The maximum absolute atomic E-state index is 13.2. The first kappa shape index (κ1) is 25.1. The molecule has 5 aliphatic heterocycles. The summed E-state index contributed by atoms with van der Waals surface area (Å²) in [6.45, 7) is 1.84. The lowest BCUT2D eigenvalue weighted by Gasteiger charge is -2.72. The van der Waals surface area contributed by atoms with E-state index in [4.69, 9.17) is 18.5 Å². The highest BCUT2D eigenvalue weighted by atomic mass is 31.2. The standard InChI is InChI=1S/C20H27N4O12P/c1-19-13-14-20(19,2)16(28)22-18(30)24(14)12-4-8(9(5-25)34-12)36-37(31,32)33-6-10-7(26)3-11(35-10)23(13)17(29)21-15(19)27/h7-14,25-26H,3-6H2,1-2H3,(H,31,32)(H,21,27,29)(H,22,28,30)/t7-,8?,9+,10?,11+,12+,13+,14-,19-,20+/m0/s1. The van der Waals surface area contributed by atoms with Crippen molar-refractivity contribution in [1.82, 2.24) is 20.4 Å². The number of amides is 6. The van der Waals surface area contributed by atoms with Gasteiger partial charge in [-0.3, -0.25) is 39.1 Å². The molecule has 0 radical (unpaired) electrons. The van der Waals surface area contributed by atoms with Crippen LogP contribution in [0.5, 0.6) is 0 Å². The molecule has 4 bridgehead atoms. The van der Waals surface area contributed by atoms with Crippen molar-refractivity contribution < 1.29 is 57.4 Å². The van der Waals surface area contributed by atoms with Gasteiger partial charge in [-0.15, -0.1) is 0 Å². The number of urea groups is 2. The van der Waals surface area contributed by atoms with E-state index in [1.165, 1.54) is 23.6 Å². The molecule has 5 heterocycles. The number of hydrogen-bond acceptors (Lipinski definition) is 11. The van der Waals surface area contributed by atoms with Crippen LogP contribution in [0.25, 0.3) is 0 Å². The zero-order valence-corrected chi connectivity index (χ0v) is 20.7. The fourth-order valence-corrected chi connectivity index (χ4v) is 7.72. The Morgan fingerprint density at radius 2 is 1.49 bits per heavy atom. The van der Waals surface area contributed by atoms with E-state index in [1.54, 1.807) is 0 Å². The average Bonchev–Trinajstić information content (AvgIpc) is 3.38. The summed E-state index contributed by atoms with van der Waals surface area (Å²) in [4.78, 5) is 65.5. The molecule has 3 unspecified atom stereocenters. The van der Waals surface area contributed by atoms with Gasteiger partial charge in [0.25, 0.3) is 0 Å². The van der Waals surface area contributed by atoms with E-state index in [0.717, 1.165) is 0 Å². The fourth-order valence-electron chi connectivity index (χ4n) is 6.76. The van der Waals surface area contributed by atoms with Crippen LogP contribution in [0.4, 0.5) is 9.59 Å². The number of aliphatic hydroxyl groups is 2. The van der Waals surface area contributed by atoms with Gasteiger partial charge in [-0.05, 0) is 13.8 Å². The van der Waals surface area contributed by atoms with Crippen molar-refractivity contribution in [2.45, 2.75) is 75.6 Å². The molecule has 5 N–H and O–H groups in total. The molecule has 6 aliphatic rings. The molecular weight excluding hydrogens is 519 g/mol. The van der Waals surface area contributed by atoms with Gasteiger partial charge in [0.05, 0.1) is 42.2 Å². The van der Waals surface area contributed by atoms with Crippen molar-refractivity contribution in [3.8, 4) is 0 Å². The summed E-state index contributed by atoms with van der Waals surface area (Å²) in [6.07, 6.45) is -7.24. The van der Waals surface area contributed by atoms with E-state index in [1.807, 2.05) is 0 Å². The number of fused-ring (bicyclic) bond motifs is 7. The summed E-state index contributed by atoms with van der Waals surface area (Å²) in [6, 6.07) is -3.82. The van der Waals surface area contributed by atoms with E-state index in [0.29, 0.717) is 0 Å². The molecule has 6 amide bonds. The number of nitrogens with zero attached hydrogens (tertiary/aromatic N) is 2. The van der Waals surface area contributed by atoms with Crippen LogP contribution < -0.4 is 10.6 Å². The van der Waals surface area contributed by atoms with Gasteiger partial charge in [0.15, 0.2) is 0 Å². The van der Waals surface area contributed by atoms with Gasteiger partial charge in [0.1, 0.15) is 30.8 Å². The van der Waals surface area contributed by atoms with E-state index in [2.05, 4.69) is 10.6 Å². The third-order valence-corrected chi connectivity index (χ3v) is 9.88. The Morgan fingerprint density at radius 3 is 2.03 bits per heavy atom. The van der Waals surface area contributed by atoms with E-state index in [9.17, 15) is 38.8 Å². The molecule has 37 heavy (non-hydrogen) atoms. The van der Waals surface area contributed by atoms with Crippen LogP contribution >= 0.6 is 7.82 Å². The van der Waals surface area contributed by atoms with Crippen LogP contribution in [0.2, 0.25) is 0 Å². The number of hydrogen-bond donors (Lipinski definition) is 5. The van der Waals surface area contributed by atoms with Crippen molar-refractivity contribution in [2.24, 2.45) is 10.8 Å². The molecule has 0 spiro atoms. The number of aliphatic hydroxyl groups excluding tert-OH is 2. The summed E-state index contributed by atoms with van der Waals surface area (Å²) < 4.78 is 34.6. The van der Waals surface area contributed by atoms with Crippen LogP contribution in [0.1, 0.15) is 26.7 Å². The number of carbonyl (C=O) groups excluding carboxylic acids is 4. The molecule has 1 saturated carbocycles. The predicted octanol–water partition coefficient (Wildman–Crippen LogP) is -2.05. The lowest BCUT2D eigenvalue weighted by molar-refractivity contribution is -0.242. The average molecular weight is 546 g/mol. The molecule has 1 aliphatic carbocycles. The minimum Gasteiger partial charge on any atom is -0.394 e. The van der Waals surface area contributed by atoms with Gasteiger partial charge in [0.2, 0.25) is 11.8 Å². The molecule has 6 fully saturated rings. The molecule has 0 aromatic heterocycles. The van der Waals surface area contributed by atoms with E-state index in [-0.39, 0.29) is 12.8 Å². The number of imide groups is 2. The van der Waals surface area contributed by atoms with E-state index >= 15 is 0 Å².